The average molecular weight is 305 g/mol. The van der Waals surface area contributed by atoms with E-state index in [1.165, 1.54) is 0 Å². The van der Waals surface area contributed by atoms with E-state index in [-0.39, 0.29) is 0 Å². The van der Waals surface area contributed by atoms with Crippen molar-refractivity contribution in [3.8, 4) is 5.75 Å². The highest BCUT2D eigenvalue weighted by Crippen LogP contribution is 2.29. The fourth-order valence-electron chi connectivity index (χ4n) is 1.78. The molecule has 1 heterocycles. The number of nitrogens with one attached hydrogen (secondary N) is 1. The van der Waals surface area contributed by atoms with Crippen molar-refractivity contribution < 1.29 is 9.47 Å². The van der Waals surface area contributed by atoms with Crippen LogP contribution >= 0.6 is 11.8 Å². The summed E-state index contributed by atoms with van der Waals surface area (Å²) in [5.74, 6) is 2.31. The van der Waals surface area contributed by atoms with Crippen molar-refractivity contribution in [2.45, 2.75) is 23.5 Å². The van der Waals surface area contributed by atoms with Gasteiger partial charge in [0, 0.05) is 24.6 Å². The smallest absolute Gasteiger partial charge is 0.157 e. The molecule has 1 N–H and O–H groups in total. The van der Waals surface area contributed by atoms with E-state index in [2.05, 4.69) is 15.3 Å². The van der Waals surface area contributed by atoms with Crippen molar-refractivity contribution in [3.63, 3.8) is 0 Å². The minimum atomic E-state index is 0.394. The predicted octanol–water partition coefficient (Wildman–Crippen LogP) is 3.21. The highest BCUT2D eigenvalue weighted by Gasteiger charge is 2.07. The van der Waals surface area contributed by atoms with Crippen molar-refractivity contribution in [3.05, 3.63) is 36.2 Å². The maximum Gasteiger partial charge on any atom is 0.157 e. The van der Waals surface area contributed by atoms with Crippen LogP contribution in [0.1, 0.15) is 12.7 Å². The molecule has 1 aromatic carbocycles. The van der Waals surface area contributed by atoms with Gasteiger partial charge in [0.05, 0.1) is 7.11 Å². The molecule has 0 aliphatic rings. The first-order valence-corrected chi connectivity index (χ1v) is 7.49. The van der Waals surface area contributed by atoms with Crippen molar-refractivity contribution in [2.24, 2.45) is 0 Å². The zero-order valence-electron chi connectivity index (χ0n) is 12.4. The molecule has 0 saturated carbocycles. The molecule has 5 nitrogen and oxygen atoms in total. The number of hydrogen-bond acceptors (Lipinski definition) is 6. The molecule has 0 saturated heterocycles. The van der Waals surface area contributed by atoms with Crippen LogP contribution in [-0.2, 0) is 11.3 Å². The SMILES string of the molecule is CCNc1cc(Sc2cccc(OC)c2)nc(COC)n1. The van der Waals surface area contributed by atoms with E-state index in [0.717, 1.165) is 28.0 Å². The molecule has 0 atom stereocenters. The fourth-order valence-corrected chi connectivity index (χ4v) is 2.66. The Balaban J connectivity index is 2.24. The summed E-state index contributed by atoms with van der Waals surface area (Å²) >= 11 is 1.57. The molecule has 1 aromatic heterocycles. The predicted molar refractivity (Wildman–Crippen MR) is 84.0 cm³/mol. The molecule has 0 radical (unpaired) electrons. The first-order chi connectivity index (χ1) is 10.2. The van der Waals surface area contributed by atoms with E-state index >= 15 is 0 Å². The molecule has 0 bridgehead atoms. The molecule has 0 unspecified atom stereocenters. The van der Waals surface area contributed by atoms with Gasteiger partial charge >= 0.3 is 0 Å². The molecule has 6 heteroatoms. The van der Waals surface area contributed by atoms with Gasteiger partial charge in [0.2, 0.25) is 0 Å². The Morgan fingerprint density at radius 1 is 1.19 bits per heavy atom. The number of anilines is 1. The van der Waals surface area contributed by atoms with Gasteiger partial charge in [-0.3, -0.25) is 0 Å². The van der Waals surface area contributed by atoms with Gasteiger partial charge in [-0.2, -0.15) is 0 Å². The second-order valence-corrected chi connectivity index (χ2v) is 5.35. The van der Waals surface area contributed by atoms with E-state index in [1.807, 2.05) is 37.3 Å². The molecule has 0 fully saturated rings. The van der Waals surface area contributed by atoms with Gasteiger partial charge in [0.15, 0.2) is 5.82 Å². The summed E-state index contributed by atoms with van der Waals surface area (Å²) in [4.78, 5) is 9.97. The summed E-state index contributed by atoms with van der Waals surface area (Å²) in [6, 6.07) is 9.83. The lowest BCUT2D eigenvalue weighted by atomic mass is 10.3. The molecule has 112 valence electrons. The number of nitrogens with zero attached hydrogens (tertiary/aromatic N) is 2. The van der Waals surface area contributed by atoms with Gasteiger partial charge in [-0.1, -0.05) is 17.8 Å². The van der Waals surface area contributed by atoms with Crippen LogP contribution in [0.2, 0.25) is 0 Å². The summed E-state index contributed by atoms with van der Waals surface area (Å²) in [5.41, 5.74) is 0. The fraction of sp³-hybridized carbons (Fsp3) is 0.333. The average Bonchev–Trinajstić information content (AvgIpc) is 2.48. The molecule has 0 aliphatic carbocycles. The number of hydrogen-bond donors (Lipinski definition) is 1. The van der Waals surface area contributed by atoms with Crippen LogP contribution in [0.5, 0.6) is 5.75 Å². The number of methoxy groups -OCH3 is 2. The first-order valence-electron chi connectivity index (χ1n) is 6.67. The highest BCUT2D eigenvalue weighted by molar-refractivity contribution is 7.99. The summed E-state index contributed by atoms with van der Waals surface area (Å²) in [6.07, 6.45) is 0. The summed E-state index contributed by atoms with van der Waals surface area (Å²) < 4.78 is 10.4. The van der Waals surface area contributed by atoms with E-state index in [4.69, 9.17) is 9.47 Å². The largest absolute Gasteiger partial charge is 0.497 e. The van der Waals surface area contributed by atoms with Gasteiger partial charge in [-0.25, -0.2) is 9.97 Å². The lowest BCUT2D eigenvalue weighted by Crippen LogP contribution is -2.05. The topological polar surface area (TPSA) is 56.3 Å². The number of ether oxygens (including phenoxy) is 2. The zero-order valence-corrected chi connectivity index (χ0v) is 13.2. The second kappa shape index (κ2) is 7.85. The maximum absolute atomic E-state index is 5.24. The Kier molecular flexibility index (Phi) is 5.83. The van der Waals surface area contributed by atoms with E-state index in [0.29, 0.717) is 12.4 Å². The number of aromatic nitrogens is 2. The third kappa shape index (κ3) is 4.61. The van der Waals surface area contributed by atoms with Crippen molar-refractivity contribution in [2.75, 3.05) is 26.1 Å². The van der Waals surface area contributed by atoms with E-state index in [1.54, 1.807) is 26.0 Å². The van der Waals surface area contributed by atoms with Gasteiger partial charge in [0.1, 0.15) is 23.2 Å². The summed E-state index contributed by atoms with van der Waals surface area (Å²) in [6.45, 7) is 3.24. The molecule has 0 amide bonds. The first kappa shape index (κ1) is 15.6. The van der Waals surface area contributed by atoms with Gasteiger partial charge in [-0.05, 0) is 25.1 Å². The van der Waals surface area contributed by atoms with Crippen LogP contribution in [0.25, 0.3) is 0 Å². The standard InChI is InChI=1S/C15H19N3O2S/c1-4-16-13-9-15(18-14(17-13)10-19-2)21-12-7-5-6-11(8-12)20-3/h5-9H,4,10H2,1-3H3,(H,16,17,18). The Labute approximate surface area is 129 Å². The Morgan fingerprint density at radius 2 is 2.05 bits per heavy atom. The third-order valence-electron chi connectivity index (χ3n) is 2.64. The molecule has 21 heavy (non-hydrogen) atoms. The van der Waals surface area contributed by atoms with Gasteiger partial charge in [-0.15, -0.1) is 0 Å². The lowest BCUT2D eigenvalue weighted by Gasteiger charge is -2.09. The highest BCUT2D eigenvalue weighted by atomic mass is 32.2. The number of rotatable bonds is 7. The Bertz CT molecular complexity index is 569. The molecular formula is C15H19N3O2S. The third-order valence-corrected chi connectivity index (χ3v) is 3.55. The van der Waals surface area contributed by atoms with Crippen LogP contribution in [0.3, 0.4) is 0 Å². The Morgan fingerprint density at radius 3 is 2.76 bits per heavy atom. The minimum Gasteiger partial charge on any atom is -0.497 e. The molecule has 2 aromatic rings. The van der Waals surface area contributed by atoms with Crippen LogP contribution in [0.4, 0.5) is 5.82 Å². The number of benzene rings is 1. The van der Waals surface area contributed by atoms with Crippen molar-refractivity contribution in [1.29, 1.82) is 0 Å². The molecule has 2 rings (SSSR count). The van der Waals surface area contributed by atoms with Crippen LogP contribution in [0, 0.1) is 0 Å². The van der Waals surface area contributed by atoms with E-state index < -0.39 is 0 Å². The van der Waals surface area contributed by atoms with Gasteiger partial charge < -0.3 is 14.8 Å². The van der Waals surface area contributed by atoms with Crippen LogP contribution in [0.15, 0.2) is 40.3 Å². The molecular weight excluding hydrogens is 286 g/mol. The minimum absolute atomic E-state index is 0.394. The normalized spacial score (nSPS) is 10.4. The van der Waals surface area contributed by atoms with Crippen molar-refractivity contribution in [1.82, 2.24) is 9.97 Å². The summed E-state index contributed by atoms with van der Waals surface area (Å²) in [5, 5.41) is 4.09. The lowest BCUT2D eigenvalue weighted by molar-refractivity contribution is 0.177. The summed E-state index contributed by atoms with van der Waals surface area (Å²) in [7, 11) is 3.30. The molecule has 0 spiro atoms. The zero-order chi connectivity index (χ0) is 15.1. The molecule has 0 aliphatic heterocycles. The van der Waals surface area contributed by atoms with Gasteiger partial charge in [0.25, 0.3) is 0 Å². The van der Waals surface area contributed by atoms with Crippen LogP contribution < -0.4 is 10.1 Å². The Hall–Kier alpha value is -1.79. The maximum atomic E-state index is 5.24. The van der Waals surface area contributed by atoms with E-state index in [9.17, 15) is 0 Å². The monoisotopic (exact) mass is 305 g/mol. The quantitative estimate of drug-likeness (QED) is 0.793. The van der Waals surface area contributed by atoms with Crippen molar-refractivity contribution >= 4 is 17.6 Å². The second-order valence-electron chi connectivity index (χ2n) is 4.25. The van der Waals surface area contributed by atoms with Crippen LogP contribution in [-0.4, -0.2) is 30.7 Å².